The van der Waals surface area contributed by atoms with Crippen molar-refractivity contribution in [1.29, 1.82) is 0 Å². The maximum atomic E-state index is 11.5. The lowest BCUT2D eigenvalue weighted by Gasteiger charge is -2.63. The number of aliphatic hydroxyl groups is 11. The van der Waals surface area contributed by atoms with Crippen LogP contribution in [0.3, 0.4) is 0 Å². The molecule has 5 aliphatic carbocycles. The highest BCUT2D eigenvalue weighted by Crippen LogP contribution is 2.89. The lowest BCUT2D eigenvalue weighted by molar-refractivity contribution is -0.368. The molecule has 17 heteroatoms. The molecule has 8 fully saturated rings. The second-order valence-electron chi connectivity index (χ2n) is 22.8. The van der Waals surface area contributed by atoms with Gasteiger partial charge in [-0.3, -0.25) is 0 Å². The first kappa shape index (κ1) is 50.4. The van der Waals surface area contributed by atoms with Gasteiger partial charge in [0.15, 0.2) is 18.9 Å². The van der Waals surface area contributed by atoms with Crippen molar-refractivity contribution in [2.24, 2.45) is 50.7 Å². The van der Waals surface area contributed by atoms with Gasteiger partial charge in [0.2, 0.25) is 0 Å². The molecule has 8 rings (SSSR count). The summed E-state index contributed by atoms with van der Waals surface area (Å²) in [7, 11) is 0. The van der Waals surface area contributed by atoms with Crippen molar-refractivity contribution in [2.45, 2.75) is 217 Å². The Kier molecular flexibility index (Phi) is 14.2. The Bertz CT molecular complexity index is 1700. The van der Waals surface area contributed by atoms with Gasteiger partial charge in [-0.15, -0.1) is 0 Å². The van der Waals surface area contributed by atoms with E-state index in [0.29, 0.717) is 24.2 Å². The second kappa shape index (κ2) is 18.3. The van der Waals surface area contributed by atoms with Crippen LogP contribution in [0.1, 0.15) is 113 Å². The fourth-order valence-electron chi connectivity index (χ4n) is 15.5. The standard InChI is InChI=1S/C48H80O17/c1-22(18-49)8-9-26(51)23(2)25-12-14-46(7)30-11-10-29-44(4,5)31(13-15-47(29)21-48(30,47)17-16-45(25,46)6)64-42-39(59)36(56)40(24(3)61-42)65-43-38(58)35(55)33(53)28(63-43)20-60-41-37(57)34(54)32(52)27(19-50)62-41/h8,23-43,49-59H,9-21H2,1-7H3/b22-8-/t23-,24+,25+,26-,27+,28+,29-,30-,31-,32+,33+,34-,35-,36+,37+,38+,39+,40-,41+,42-,43-,45+,46-,47+,48-/m0/s1. The summed E-state index contributed by atoms with van der Waals surface area (Å²) in [5, 5.41) is 116. The molecule has 8 aliphatic rings. The van der Waals surface area contributed by atoms with Gasteiger partial charge in [0.25, 0.3) is 0 Å². The molecule has 374 valence electrons. The second-order valence-corrected chi connectivity index (χ2v) is 22.8. The Morgan fingerprint density at radius 2 is 1.26 bits per heavy atom. The van der Waals surface area contributed by atoms with Crippen LogP contribution in [0.5, 0.6) is 0 Å². The minimum absolute atomic E-state index is 0.0124. The average molecular weight is 929 g/mol. The highest BCUT2D eigenvalue weighted by atomic mass is 16.8. The van der Waals surface area contributed by atoms with Gasteiger partial charge in [-0.05, 0) is 129 Å². The fraction of sp³-hybridized carbons (Fsp3) is 0.958. The quantitative estimate of drug-likeness (QED) is 0.0892. The summed E-state index contributed by atoms with van der Waals surface area (Å²) in [4.78, 5) is 0. The predicted molar refractivity (Wildman–Crippen MR) is 230 cm³/mol. The third-order valence-corrected chi connectivity index (χ3v) is 19.6. The van der Waals surface area contributed by atoms with Crippen LogP contribution in [0.25, 0.3) is 0 Å². The van der Waals surface area contributed by atoms with E-state index >= 15 is 0 Å². The molecule has 25 atom stereocenters. The first-order chi connectivity index (χ1) is 30.5. The molecule has 5 saturated carbocycles. The first-order valence-corrected chi connectivity index (χ1v) is 24.4. The van der Waals surface area contributed by atoms with Crippen LogP contribution in [0.15, 0.2) is 11.6 Å². The Morgan fingerprint density at radius 3 is 1.94 bits per heavy atom. The molecule has 0 radical (unpaired) electrons. The maximum absolute atomic E-state index is 11.5. The normalized spacial score (nSPS) is 53.9. The van der Waals surface area contributed by atoms with E-state index in [1.165, 1.54) is 19.3 Å². The van der Waals surface area contributed by atoms with Gasteiger partial charge >= 0.3 is 0 Å². The van der Waals surface area contributed by atoms with Gasteiger partial charge in [-0.1, -0.05) is 46.3 Å². The smallest absolute Gasteiger partial charge is 0.187 e. The van der Waals surface area contributed by atoms with Crippen LogP contribution in [0.2, 0.25) is 0 Å². The molecule has 65 heavy (non-hydrogen) atoms. The molecule has 0 bridgehead atoms. The summed E-state index contributed by atoms with van der Waals surface area (Å²) in [6.45, 7) is 14.2. The van der Waals surface area contributed by atoms with Crippen LogP contribution in [-0.4, -0.2) is 180 Å². The molecule has 0 amide bonds. The van der Waals surface area contributed by atoms with Gasteiger partial charge in [0.05, 0.1) is 38.1 Å². The van der Waals surface area contributed by atoms with Gasteiger partial charge in [0.1, 0.15) is 67.1 Å². The number of hydrogen-bond acceptors (Lipinski definition) is 17. The molecule has 0 aromatic heterocycles. The summed E-state index contributed by atoms with van der Waals surface area (Å²) in [5.41, 5.74) is 1.43. The van der Waals surface area contributed by atoms with Gasteiger partial charge in [0, 0.05) is 0 Å². The fourth-order valence-corrected chi connectivity index (χ4v) is 15.5. The number of aliphatic hydroxyl groups excluding tert-OH is 11. The summed E-state index contributed by atoms with van der Waals surface area (Å²) in [6, 6.07) is 0. The molecule has 17 nitrogen and oxygen atoms in total. The largest absolute Gasteiger partial charge is 0.394 e. The van der Waals surface area contributed by atoms with Crippen molar-refractivity contribution in [3.05, 3.63) is 11.6 Å². The number of hydrogen-bond donors (Lipinski definition) is 11. The van der Waals surface area contributed by atoms with E-state index in [0.717, 1.165) is 44.1 Å². The van der Waals surface area contributed by atoms with Crippen LogP contribution in [0.4, 0.5) is 0 Å². The summed E-state index contributed by atoms with van der Waals surface area (Å²) < 4.78 is 35.6. The third-order valence-electron chi connectivity index (χ3n) is 19.6. The summed E-state index contributed by atoms with van der Waals surface area (Å²) >= 11 is 0. The molecule has 0 unspecified atom stereocenters. The summed E-state index contributed by atoms with van der Waals surface area (Å²) in [5.74, 6) is 1.62. The number of rotatable bonds is 13. The molecular weight excluding hydrogens is 849 g/mol. The minimum Gasteiger partial charge on any atom is -0.394 e. The van der Waals surface area contributed by atoms with Crippen molar-refractivity contribution in [3.8, 4) is 0 Å². The molecule has 3 heterocycles. The SMILES string of the molecule is C/C(=C/C[C@H](O)[C@@H](C)[C@H]1CC[C@@]2(C)[C@@H]3CC[C@H]4C(C)(C)[C@@H](O[C@@H]5O[C@H](C)[C@H](O[C@@H]6O[C@H](CO[C@@H]7O[C@H](CO)[C@@H](O)[C@H](O)[C@H]7O)[C@@H](O)[C@H](O)[C@H]6O)[C@H](O)[C@H]5O)CC[C@@]45C[C@@]35CC[C@]12C)CO. The molecule has 3 aliphatic heterocycles. The minimum atomic E-state index is -1.80. The lowest BCUT2D eigenvalue weighted by Crippen LogP contribution is -2.65. The Labute approximate surface area is 383 Å². The zero-order chi connectivity index (χ0) is 47.3. The zero-order valence-electron chi connectivity index (χ0n) is 39.3. The molecule has 0 aromatic rings. The van der Waals surface area contributed by atoms with E-state index < -0.39 is 111 Å². The monoisotopic (exact) mass is 929 g/mol. The van der Waals surface area contributed by atoms with Crippen LogP contribution in [-0.2, 0) is 28.4 Å². The number of fused-ring (bicyclic) bond motifs is 2. The van der Waals surface area contributed by atoms with E-state index in [2.05, 4.69) is 34.6 Å². The topological polar surface area (TPSA) is 278 Å². The van der Waals surface area contributed by atoms with Crippen molar-refractivity contribution >= 4 is 0 Å². The highest BCUT2D eigenvalue weighted by molar-refractivity contribution is 5.31. The first-order valence-electron chi connectivity index (χ1n) is 24.4. The van der Waals surface area contributed by atoms with Gasteiger partial charge in [-0.25, -0.2) is 0 Å². The lowest BCUT2D eigenvalue weighted by atomic mass is 9.41. The third kappa shape index (κ3) is 8.03. The van der Waals surface area contributed by atoms with Crippen molar-refractivity contribution in [3.63, 3.8) is 0 Å². The Morgan fingerprint density at radius 1 is 0.662 bits per heavy atom. The molecule has 2 spiro atoms. The van der Waals surface area contributed by atoms with Gasteiger partial charge in [-0.2, -0.15) is 0 Å². The molecule has 0 aromatic carbocycles. The Balaban J connectivity index is 0.888. The van der Waals surface area contributed by atoms with Crippen molar-refractivity contribution < 1.29 is 84.6 Å². The van der Waals surface area contributed by atoms with Gasteiger partial charge < -0.3 is 84.6 Å². The van der Waals surface area contributed by atoms with E-state index in [9.17, 15) is 56.2 Å². The van der Waals surface area contributed by atoms with E-state index in [-0.39, 0.29) is 45.7 Å². The van der Waals surface area contributed by atoms with Crippen LogP contribution < -0.4 is 0 Å². The van der Waals surface area contributed by atoms with Crippen molar-refractivity contribution in [1.82, 2.24) is 0 Å². The van der Waals surface area contributed by atoms with E-state index in [4.69, 9.17) is 28.4 Å². The molecular formula is C48H80O17. The zero-order valence-corrected chi connectivity index (χ0v) is 39.3. The average Bonchev–Trinajstić information content (AvgIpc) is 3.86. The predicted octanol–water partition coefficient (Wildman–Crippen LogP) is 0.612. The van der Waals surface area contributed by atoms with E-state index in [1.807, 2.05) is 13.0 Å². The molecule has 3 saturated heterocycles. The van der Waals surface area contributed by atoms with Crippen LogP contribution in [0, 0.1) is 50.7 Å². The Hall–Kier alpha value is -0.940. The maximum Gasteiger partial charge on any atom is 0.187 e. The highest BCUT2D eigenvalue weighted by Gasteiger charge is 2.82. The summed E-state index contributed by atoms with van der Waals surface area (Å²) in [6.07, 6.45) is -10.9. The van der Waals surface area contributed by atoms with Crippen LogP contribution >= 0.6 is 0 Å². The van der Waals surface area contributed by atoms with Crippen molar-refractivity contribution in [2.75, 3.05) is 19.8 Å². The molecule has 11 N–H and O–H groups in total. The number of ether oxygens (including phenoxy) is 6. The van der Waals surface area contributed by atoms with E-state index in [1.54, 1.807) is 6.92 Å².